The van der Waals surface area contributed by atoms with Gasteiger partial charge in [-0.1, -0.05) is 32.0 Å². The van der Waals surface area contributed by atoms with Gasteiger partial charge in [0.2, 0.25) is 5.91 Å². The van der Waals surface area contributed by atoms with E-state index in [-0.39, 0.29) is 18.4 Å². The lowest BCUT2D eigenvalue weighted by Gasteiger charge is -2.18. The number of amides is 2. The maximum Gasteiger partial charge on any atom is 0.258 e. The summed E-state index contributed by atoms with van der Waals surface area (Å²) in [5.74, 6) is -0.356. The molecule has 18 heavy (non-hydrogen) atoms. The molecule has 98 valence electrons. The van der Waals surface area contributed by atoms with E-state index in [2.05, 4.69) is 5.32 Å². The van der Waals surface area contributed by atoms with Gasteiger partial charge in [0.15, 0.2) is 6.61 Å². The Kier molecular flexibility index (Phi) is 5.17. The van der Waals surface area contributed by atoms with E-state index in [9.17, 15) is 9.59 Å². The largest absolute Gasteiger partial charge is 0.484 e. The van der Waals surface area contributed by atoms with Crippen LogP contribution in [-0.4, -0.2) is 24.5 Å². The van der Waals surface area contributed by atoms with Crippen molar-refractivity contribution in [3.63, 3.8) is 0 Å². The number of hydrogen-bond acceptors (Lipinski definition) is 3. The van der Waals surface area contributed by atoms with E-state index in [4.69, 9.17) is 10.5 Å². The van der Waals surface area contributed by atoms with Crippen LogP contribution in [0.4, 0.5) is 0 Å². The molecule has 3 N–H and O–H groups in total. The summed E-state index contributed by atoms with van der Waals surface area (Å²) in [7, 11) is 0. The van der Waals surface area contributed by atoms with Crippen molar-refractivity contribution in [3.05, 3.63) is 30.3 Å². The molecule has 0 heterocycles. The van der Waals surface area contributed by atoms with Crippen molar-refractivity contribution in [2.24, 2.45) is 11.7 Å². The zero-order valence-electron chi connectivity index (χ0n) is 10.6. The van der Waals surface area contributed by atoms with Gasteiger partial charge in [-0.2, -0.15) is 0 Å². The topological polar surface area (TPSA) is 81.4 Å². The van der Waals surface area contributed by atoms with E-state index in [0.29, 0.717) is 5.75 Å². The second-order valence-corrected chi connectivity index (χ2v) is 4.29. The Morgan fingerprint density at radius 2 is 1.89 bits per heavy atom. The van der Waals surface area contributed by atoms with Crippen LogP contribution in [-0.2, 0) is 9.59 Å². The molecule has 1 atom stereocenters. The minimum absolute atomic E-state index is 0.0526. The standard InChI is InChI=1S/C13H18N2O3/c1-9(2)12(13(14)17)15-11(16)8-18-10-6-4-3-5-7-10/h3-7,9,12H,8H2,1-2H3,(H2,14,17)(H,15,16). The Labute approximate surface area is 106 Å². The van der Waals surface area contributed by atoms with Crippen LogP contribution in [0.2, 0.25) is 0 Å². The molecule has 0 saturated carbocycles. The summed E-state index contributed by atoms with van der Waals surface area (Å²) in [6.07, 6.45) is 0. The number of nitrogens with two attached hydrogens (primary N) is 1. The highest BCUT2D eigenvalue weighted by molar-refractivity contribution is 5.87. The van der Waals surface area contributed by atoms with E-state index in [0.717, 1.165) is 0 Å². The average Bonchev–Trinajstić information content (AvgIpc) is 2.34. The molecule has 0 radical (unpaired) electrons. The highest BCUT2D eigenvalue weighted by Crippen LogP contribution is 2.08. The Morgan fingerprint density at radius 3 is 2.39 bits per heavy atom. The van der Waals surface area contributed by atoms with E-state index < -0.39 is 11.9 Å². The zero-order valence-corrected chi connectivity index (χ0v) is 10.6. The van der Waals surface area contributed by atoms with Crippen molar-refractivity contribution in [1.29, 1.82) is 0 Å². The van der Waals surface area contributed by atoms with Crippen LogP contribution in [0.3, 0.4) is 0 Å². The summed E-state index contributed by atoms with van der Waals surface area (Å²) in [6.45, 7) is 3.49. The molecule has 0 bridgehead atoms. The third-order valence-electron chi connectivity index (χ3n) is 2.40. The number of nitrogens with one attached hydrogen (secondary N) is 1. The molecule has 0 aliphatic rings. The van der Waals surface area contributed by atoms with Gasteiger partial charge in [-0.25, -0.2) is 0 Å². The summed E-state index contributed by atoms with van der Waals surface area (Å²) in [5, 5.41) is 2.55. The first kappa shape index (κ1) is 14.0. The first-order valence-electron chi connectivity index (χ1n) is 5.77. The van der Waals surface area contributed by atoms with Crippen molar-refractivity contribution >= 4 is 11.8 Å². The van der Waals surface area contributed by atoms with Gasteiger partial charge in [-0.15, -0.1) is 0 Å². The summed E-state index contributed by atoms with van der Waals surface area (Å²) >= 11 is 0. The van der Waals surface area contributed by atoms with Crippen LogP contribution in [0.15, 0.2) is 30.3 Å². The summed E-state index contributed by atoms with van der Waals surface area (Å²) < 4.78 is 5.26. The monoisotopic (exact) mass is 250 g/mol. The lowest BCUT2D eigenvalue weighted by molar-refractivity contribution is -0.129. The predicted molar refractivity (Wildman–Crippen MR) is 67.9 cm³/mol. The number of benzene rings is 1. The van der Waals surface area contributed by atoms with Gasteiger partial charge in [0.05, 0.1) is 0 Å². The second kappa shape index (κ2) is 6.64. The fourth-order valence-electron chi connectivity index (χ4n) is 1.45. The first-order chi connectivity index (χ1) is 8.50. The van der Waals surface area contributed by atoms with Crippen LogP contribution in [0.25, 0.3) is 0 Å². The summed E-state index contributed by atoms with van der Waals surface area (Å²) in [6, 6.07) is 8.32. The van der Waals surface area contributed by atoms with Crippen LogP contribution in [0, 0.1) is 5.92 Å². The Bertz CT molecular complexity index is 404. The fraction of sp³-hybridized carbons (Fsp3) is 0.385. The van der Waals surface area contributed by atoms with Crippen LogP contribution in [0.1, 0.15) is 13.8 Å². The van der Waals surface area contributed by atoms with Crippen molar-refractivity contribution in [3.8, 4) is 5.75 Å². The average molecular weight is 250 g/mol. The van der Waals surface area contributed by atoms with Crippen LogP contribution < -0.4 is 15.8 Å². The first-order valence-corrected chi connectivity index (χ1v) is 5.77. The van der Waals surface area contributed by atoms with Gasteiger partial charge in [0, 0.05) is 0 Å². The summed E-state index contributed by atoms with van der Waals surface area (Å²) in [5.41, 5.74) is 5.20. The van der Waals surface area contributed by atoms with Gasteiger partial charge in [-0.3, -0.25) is 9.59 Å². The van der Waals surface area contributed by atoms with E-state index >= 15 is 0 Å². The third kappa shape index (κ3) is 4.45. The molecule has 1 rings (SSSR count). The van der Waals surface area contributed by atoms with E-state index in [1.165, 1.54) is 0 Å². The number of para-hydroxylation sites is 1. The molecule has 0 fully saturated rings. The lowest BCUT2D eigenvalue weighted by Crippen LogP contribution is -2.49. The molecule has 2 amide bonds. The highest BCUT2D eigenvalue weighted by atomic mass is 16.5. The molecule has 0 aliphatic heterocycles. The fourth-order valence-corrected chi connectivity index (χ4v) is 1.45. The number of carbonyl (C=O) groups excluding carboxylic acids is 2. The Morgan fingerprint density at radius 1 is 1.28 bits per heavy atom. The molecule has 0 aromatic heterocycles. The van der Waals surface area contributed by atoms with Gasteiger partial charge >= 0.3 is 0 Å². The van der Waals surface area contributed by atoms with Crippen molar-refractivity contribution in [2.75, 3.05) is 6.61 Å². The number of carbonyl (C=O) groups is 2. The van der Waals surface area contributed by atoms with Crippen molar-refractivity contribution in [1.82, 2.24) is 5.32 Å². The quantitative estimate of drug-likeness (QED) is 0.779. The number of rotatable bonds is 6. The maximum atomic E-state index is 11.6. The lowest BCUT2D eigenvalue weighted by atomic mass is 10.0. The molecule has 0 aliphatic carbocycles. The molecule has 1 aromatic rings. The molecule has 5 heteroatoms. The van der Waals surface area contributed by atoms with E-state index in [1.54, 1.807) is 12.1 Å². The van der Waals surface area contributed by atoms with Gasteiger partial charge < -0.3 is 15.8 Å². The minimum atomic E-state index is -0.670. The molecule has 1 aromatic carbocycles. The van der Waals surface area contributed by atoms with E-state index in [1.807, 2.05) is 32.0 Å². The van der Waals surface area contributed by atoms with Crippen LogP contribution >= 0.6 is 0 Å². The van der Waals surface area contributed by atoms with Gasteiger partial charge in [-0.05, 0) is 18.1 Å². The second-order valence-electron chi connectivity index (χ2n) is 4.29. The predicted octanol–water partition coefficient (Wildman–Crippen LogP) is 0.691. The third-order valence-corrected chi connectivity index (χ3v) is 2.40. The minimum Gasteiger partial charge on any atom is -0.484 e. The van der Waals surface area contributed by atoms with Gasteiger partial charge in [0.1, 0.15) is 11.8 Å². The Hall–Kier alpha value is -2.04. The van der Waals surface area contributed by atoms with Crippen LogP contribution in [0.5, 0.6) is 5.75 Å². The molecular formula is C13H18N2O3. The number of hydrogen-bond donors (Lipinski definition) is 2. The Balaban J connectivity index is 2.44. The molecular weight excluding hydrogens is 232 g/mol. The smallest absolute Gasteiger partial charge is 0.258 e. The van der Waals surface area contributed by atoms with Gasteiger partial charge in [0.25, 0.3) is 5.91 Å². The summed E-state index contributed by atoms with van der Waals surface area (Å²) in [4.78, 5) is 22.7. The molecule has 0 spiro atoms. The highest BCUT2D eigenvalue weighted by Gasteiger charge is 2.21. The number of ether oxygens (including phenoxy) is 1. The molecule has 0 saturated heterocycles. The SMILES string of the molecule is CC(C)C(NC(=O)COc1ccccc1)C(N)=O. The molecule has 1 unspecified atom stereocenters. The normalized spacial score (nSPS) is 11.9. The number of primary amides is 1. The van der Waals surface area contributed by atoms with Crippen molar-refractivity contribution in [2.45, 2.75) is 19.9 Å². The molecule has 5 nitrogen and oxygen atoms in total. The zero-order chi connectivity index (χ0) is 13.5. The maximum absolute atomic E-state index is 11.6. The van der Waals surface area contributed by atoms with Crippen molar-refractivity contribution < 1.29 is 14.3 Å².